The molecule has 0 saturated carbocycles. The average molecular weight is 1010 g/mol. The lowest BCUT2D eigenvalue weighted by Crippen LogP contribution is -2.45. The third-order valence-corrected chi connectivity index (χ3v) is 14.3. The van der Waals surface area contributed by atoms with E-state index in [1.807, 2.05) is 6.08 Å². The van der Waals surface area contributed by atoms with Crippen molar-refractivity contribution in [1.82, 2.24) is 5.32 Å². The SMILES string of the molecule is CCCCC/C=C\C/C=C\CCCCCCCC(=O)OCCCCCCCCCCC/C=C\C/C=C\CCCCCCCCCCCCCCCC(=O)NC(CO)C(O)/C=C/CCCCCCCCCCC. The van der Waals surface area contributed by atoms with E-state index in [2.05, 4.69) is 67.8 Å². The summed E-state index contributed by atoms with van der Waals surface area (Å²) in [6.07, 6.45) is 79.9. The number of ether oxygens (including phenoxy) is 1. The maximum Gasteiger partial charge on any atom is 0.305 e. The van der Waals surface area contributed by atoms with Crippen LogP contribution in [0.15, 0.2) is 60.8 Å². The number of hydrogen-bond acceptors (Lipinski definition) is 5. The van der Waals surface area contributed by atoms with Crippen molar-refractivity contribution in [2.75, 3.05) is 13.2 Å². The van der Waals surface area contributed by atoms with Crippen molar-refractivity contribution in [2.45, 2.75) is 334 Å². The lowest BCUT2D eigenvalue weighted by Gasteiger charge is -2.20. The number of allylic oxidation sites excluding steroid dienone is 9. The number of aliphatic hydroxyl groups is 2. The lowest BCUT2D eigenvalue weighted by molar-refractivity contribution is -0.143. The summed E-state index contributed by atoms with van der Waals surface area (Å²) in [4.78, 5) is 24.5. The molecule has 0 aromatic heterocycles. The number of aliphatic hydroxyl groups excluding tert-OH is 2. The molecule has 0 aliphatic heterocycles. The molecule has 0 saturated heterocycles. The minimum atomic E-state index is -0.844. The number of carbonyl (C=O) groups excluding carboxylic acids is 2. The van der Waals surface area contributed by atoms with Gasteiger partial charge in [0, 0.05) is 12.8 Å². The van der Waals surface area contributed by atoms with Crippen molar-refractivity contribution in [3.63, 3.8) is 0 Å². The van der Waals surface area contributed by atoms with Gasteiger partial charge in [-0.1, -0.05) is 274 Å². The Labute approximate surface area is 448 Å². The van der Waals surface area contributed by atoms with Crippen molar-refractivity contribution >= 4 is 11.9 Å². The zero-order chi connectivity index (χ0) is 52.2. The highest BCUT2D eigenvalue weighted by Crippen LogP contribution is 2.16. The van der Waals surface area contributed by atoms with Gasteiger partial charge in [0.05, 0.1) is 25.4 Å². The zero-order valence-corrected chi connectivity index (χ0v) is 47.9. The minimum absolute atomic E-state index is 0.00301. The molecule has 2 unspecified atom stereocenters. The summed E-state index contributed by atoms with van der Waals surface area (Å²) < 4.78 is 5.47. The molecule has 0 aliphatic rings. The molecule has 420 valence electrons. The van der Waals surface area contributed by atoms with Gasteiger partial charge in [-0.15, -0.1) is 0 Å². The van der Waals surface area contributed by atoms with Gasteiger partial charge in [-0.2, -0.15) is 0 Å². The number of unbranched alkanes of at least 4 members (excludes halogenated alkanes) is 39. The number of carbonyl (C=O) groups is 2. The summed E-state index contributed by atoms with van der Waals surface area (Å²) in [5.41, 5.74) is 0. The summed E-state index contributed by atoms with van der Waals surface area (Å²) in [7, 11) is 0. The van der Waals surface area contributed by atoms with E-state index in [-0.39, 0.29) is 18.5 Å². The Balaban J connectivity index is 3.42. The fourth-order valence-corrected chi connectivity index (χ4v) is 9.40. The topological polar surface area (TPSA) is 95.9 Å². The van der Waals surface area contributed by atoms with E-state index >= 15 is 0 Å². The summed E-state index contributed by atoms with van der Waals surface area (Å²) in [6, 6.07) is -0.628. The van der Waals surface area contributed by atoms with Crippen molar-refractivity contribution in [2.24, 2.45) is 0 Å². The highest BCUT2D eigenvalue weighted by molar-refractivity contribution is 5.76. The average Bonchev–Trinajstić information content (AvgIpc) is 3.38. The van der Waals surface area contributed by atoms with Gasteiger partial charge in [0.2, 0.25) is 5.91 Å². The van der Waals surface area contributed by atoms with Crippen LogP contribution in [0.2, 0.25) is 0 Å². The molecule has 0 fully saturated rings. The number of rotatable bonds is 58. The van der Waals surface area contributed by atoms with E-state index in [4.69, 9.17) is 4.74 Å². The minimum Gasteiger partial charge on any atom is -0.466 e. The third kappa shape index (κ3) is 56.8. The predicted molar refractivity (Wildman–Crippen MR) is 315 cm³/mol. The van der Waals surface area contributed by atoms with Gasteiger partial charge < -0.3 is 20.3 Å². The fraction of sp³-hybridized carbons (Fsp3) is 0.818. The predicted octanol–water partition coefficient (Wildman–Crippen LogP) is 19.9. The van der Waals surface area contributed by atoms with E-state index in [0.29, 0.717) is 19.4 Å². The summed E-state index contributed by atoms with van der Waals surface area (Å²) in [5, 5.41) is 23.0. The Kier molecular flexibility index (Phi) is 59.0. The quantitative estimate of drug-likeness (QED) is 0.0320. The molecule has 0 aromatic rings. The molecule has 0 aliphatic carbocycles. The Morgan fingerprint density at radius 3 is 1.08 bits per heavy atom. The highest BCUT2D eigenvalue weighted by Gasteiger charge is 2.18. The Morgan fingerprint density at radius 1 is 0.389 bits per heavy atom. The molecule has 72 heavy (non-hydrogen) atoms. The monoisotopic (exact) mass is 1010 g/mol. The Morgan fingerprint density at radius 2 is 0.694 bits per heavy atom. The number of nitrogens with one attached hydrogen (secondary N) is 1. The van der Waals surface area contributed by atoms with Crippen LogP contribution in [0.5, 0.6) is 0 Å². The van der Waals surface area contributed by atoms with E-state index in [1.165, 1.54) is 238 Å². The molecule has 0 spiro atoms. The van der Waals surface area contributed by atoms with Crippen LogP contribution < -0.4 is 5.32 Å². The standard InChI is InChI=1S/C66H121NO5/c1-3-5-7-9-11-13-15-16-32-36-40-44-48-52-56-60-66(71)72-61-57-53-49-45-41-37-34-31-29-27-25-23-21-19-17-18-20-22-24-26-28-30-33-35-39-43-47-51-55-59-65(70)67-63(62-68)64(69)58-54-50-46-42-38-14-12-10-8-6-4-2/h11,13,16-17,19,23,25,32,54,58,63-64,68-69H,3-10,12,14-15,18,20-22,24,26-31,33-53,55-57,59-62H2,1-2H3,(H,67,70)/b13-11-,19-17-,25-23-,32-16-,58-54+. The van der Waals surface area contributed by atoms with Gasteiger partial charge in [0.25, 0.3) is 0 Å². The first kappa shape index (κ1) is 69.6. The number of hydrogen-bond donors (Lipinski definition) is 3. The molecule has 1 amide bonds. The Bertz CT molecular complexity index is 1250. The molecule has 0 bridgehead atoms. The van der Waals surface area contributed by atoms with Crippen molar-refractivity contribution < 1.29 is 24.5 Å². The first-order chi connectivity index (χ1) is 35.5. The van der Waals surface area contributed by atoms with E-state index in [1.54, 1.807) is 6.08 Å². The largest absolute Gasteiger partial charge is 0.466 e. The van der Waals surface area contributed by atoms with Crippen LogP contribution in [0.1, 0.15) is 322 Å². The molecule has 0 aromatic carbocycles. The van der Waals surface area contributed by atoms with Gasteiger partial charge in [0.15, 0.2) is 0 Å². The molecule has 0 rings (SSSR count). The van der Waals surface area contributed by atoms with Gasteiger partial charge in [-0.05, 0) is 96.3 Å². The Hall–Kier alpha value is -2.44. The van der Waals surface area contributed by atoms with Crippen LogP contribution in [-0.4, -0.2) is 47.4 Å². The van der Waals surface area contributed by atoms with E-state index in [9.17, 15) is 19.8 Å². The molecular formula is C66H121NO5. The second-order valence-electron chi connectivity index (χ2n) is 21.4. The molecule has 2 atom stereocenters. The molecule has 6 heteroatoms. The zero-order valence-electron chi connectivity index (χ0n) is 47.9. The fourth-order valence-electron chi connectivity index (χ4n) is 9.40. The van der Waals surface area contributed by atoms with Gasteiger partial charge >= 0.3 is 5.97 Å². The van der Waals surface area contributed by atoms with E-state index in [0.717, 1.165) is 57.8 Å². The number of esters is 1. The van der Waals surface area contributed by atoms with Crippen LogP contribution >= 0.6 is 0 Å². The second kappa shape index (κ2) is 61.1. The summed E-state index contributed by atoms with van der Waals surface area (Å²) in [5.74, 6) is -0.0736. The second-order valence-corrected chi connectivity index (χ2v) is 21.4. The van der Waals surface area contributed by atoms with Crippen LogP contribution in [0.3, 0.4) is 0 Å². The van der Waals surface area contributed by atoms with Gasteiger partial charge in [-0.3, -0.25) is 9.59 Å². The summed E-state index contributed by atoms with van der Waals surface area (Å²) in [6.45, 7) is 4.86. The first-order valence-corrected chi connectivity index (χ1v) is 31.6. The third-order valence-electron chi connectivity index (χ3n) is 14.3. The molecule has 0 radical (unpaired) electrons. The van der Waals surface area contributed by atoms with Crippen molar-refractivity contribution in [1.29, 1.82) is 0 Å². The molecule has 0 heterocycles. The van der Waals surface area contributed by atoms with Gasteiger partial charge in [-0.25, -0.2) is 0 Å². The maximum atomic E-state index is 12.4. The smallest absolute Gasteiger partial charge is 0.305 e. The lowest BCUT2D eigenvalue weighted by atomic mass is 10.0. The van der Waals surface area contributed by atoms with Crippen LogP contribution in [0.25, 0.3) is 0 Å². The van der Waals surface area contributed by atoms with E-state index < -0.39 is 12.1 Å². The van der Waals surface area contributed by atoms with Crippen molar-refractivity contribution in [3.05, 3.63) is 60.8 Å². The van der Waals surface area contributed by atoms with Crippen LogP contribution in [0, 0.1) is 0 Å². The normalized spacial score (nSPS) is 13.0. The van der Waals surface area contributed by atoms with Crippen LogP contribution in [0.4, 0.5) is 0 Å². The molecular weight excluding hydrogens is 887 g/mol. The summed E-state index contributed by atoms with van der Waals surface area (Å²) >= 11 is 0. The van der Waals surface area contributed by atoms with Crippen molar-refractivity contribution in [3.8, 4) is 0 Å². The first-order valence-electron chi connectivity index (χ1n) is 31.6. The molecule has 3 N–H and O–H groups in total. The number of amides is 1. The van der Waals surface area contributed by atoms with Gasteiger partial charge in [0.1, 0.15) is 0 Å². The maximum absolute atomic E-state index is 12.4. The molecule has 6 nitrogen and oxygen atoms in total. The van der Waals surface area contributed by atoms with Crippen LogP contribution in [-0.2, 0) is 14.3 Å². The highest BCUT2D eigenvalue weighted by atomic mass is 16.5.